The lowest BCUT2D eigenvalue weighted by Gasteiger charge is -1.98. The van der Waals surface area contributed by atoms with E-state index in [1.54, 1.807) is 0 Å². The van der Waals surface area contributed by atoms with Crippen molar-refractivity contribution in [3.8, 4) is 0 Å². The SMILES string of the molecule is CCc1cc(N)c2oc(CC)nc2c1. The standard InChI is InChI=1S/C11H14N2O/c1-3-7-5-8(12)11-9(6-7)13-10(4-2)14-11/h5-6H,3-4,12H2,1-2H3. The normalized spacial score (nSPS) is 11.0. The van der Waals surface area contributed by atoms with E-state index in [1.165, 1.54) is 5.56 Å². The highest BCUT2D eigenvalue weighted by Gasteiger charge is 2.08. The molecule has 0 atom stereocenters. The van der Waals surface area contributed by atoms with Gasteiger partial charge in [0, 0.05) is 6.42 Å². The van der Waals surface area contributed by atoms with Crippen LogP contribution in [0.4, 0.5) is 5.69 Å². The maximum absolute atomic E-state index is 5.87. The number of anilines is 1. The first-order chi connectivity index (χ1) is 6.74. The van der Waals surface area contributed by atoms with Crippen LogP contribution in [0.25, 0.3) is 11.1 Å². The van der Waals surface area contributed by atoms with Crippen LogP contribution in [-0.4, -0.2) is 4.98 Å². The zero-order chi connectivity index (χ0) is 10.1. The molecule has 0 unspecified atom stereocenters. The van der Waals surface area contributed by atoms with Crippen molar-refractivity contribution in [2.75, 3.05) is 5.73 Å². The largest absolute Gasteiger partial charge is 0.439 e. The molecule has 0 amide bonds. The van der Waals surface area contributed by atoms with Gasteiger partial charge in [-0.3, -0.25) is 0 Å². The summed E-state index contributed by atoms with van der Waals surface area (Å²) in [7, 11) is 0. The summed E-state index contributed by atoms with van der Waals surface area (Å²) in [5.74, 6) is 0.750. The molecule has 2 rings (SSSR count). The van der Waals surface area contributed by atoms with Gasteiger partial charge in [0.1, 0.15) is 5.52 Å². The minimum atomic E-state index is 0.687. The van der Waals surface area contributed by atoms with E-state index in [0.717, 1.165) is 29.8 Å². The number of nitrogens with two attached hydrogens (primary N) is 1. The van der Waals surface area contributed by atoms with Gasteiger partial charge in [-0.15, -0.1) is 0 Å². The Morgan fingerprint density at radius 1 is 1.29 bits per heavy atom. The van der Waals surface area contributed by atoms with Crippen molar-refractivity contribution in [3.63, 3.8) is 0 Å². The van der Waals surface area contributed by atoms with Crippen molar-refractivity contribution in [3.05, 3.63) is 23.6 Å². The molecular formula is C11H14N2O. The number of nitrogen functional groups attached to an aromatic ring is 1. The third kappa shape index (κ3) is 1.35. The molecule has 0 aliphatic rings. The summed E-state index contributed by atoms with van der Waals surface area (Å²) < 4.78 is 5.51. The molecule has 0 radical (unpaired) electrons. The maximum Gasteiger partial charge on any atom is 0.195 e. The molecule has 0 fully saturated rings. The number of hydrogen-bond acceptors (Lipinski definition) is 3. The number of oxazole rings is 1. The van der Waals surface area contributed by atoms with Crippen LogP contribution in [-0.2, 0) is 12.8 Å². The third-order valence-corrected chi connectivity index (χ3v) is 2.33. The summed E-state index contributed by atoms with van der Waals surface area (Å²) in [5.41, 5.74) is 9.35. The number of nitrogens with zero attached hydrogens (tertiary/aromatic N) is 1. The molecule has 2 aromatic rings. The Morgan fingerprint density at radius 3 is 2.71 bits per heavy atom. The number of benzene rings is 1. The van der Waals surface area contributed by atoms with Crippen LogP contribution in [0.2, 0.25) is 0 Å². The van der Waals surface area contributed by atoms with E-state index in [0.29, 0.717) is 5.69 Å². The van der Waals surface area contributed by atoms with Crippen LogP contribution < -0.4 is 5.73 Å². The van der Waals surface area contributed by atoms with Gasteiger partial charge in [0.2, 0.25) is 0 Å². The summed E-state index contributed by atoms with van der Waals surface area (Å²) in [6.07, 6.45) is 1.77. The van der Waals surface area contributed by atoms with Gasteiger partial charge in [0.05, 0.1) is 5.69 Å². The molecule has 14 heavy (non-hydrogen) atoms. The van der Waals surface area contributed by atoms with Crippen molar-refractivity contribution in [1.82, 2.24) is 4.98 Å². The van der Waals surface area contributed by atoms with Crippen LogP contribution in [0.3, 0.4) is 0 Å². The van der Waals surface area contributed by atoms with Crippen LogP contribution in [0.5, 0.6) is 0 Å². The molecule has 3 heteroatoms. The second-order valence-electron chi connectivity index (χ2n) is 3.35. The van der Waals surface area contributed by atoms with Crippen LogP contribution in [0.1, 0.15) is 25.3 Å². The number of aromatic nitrogens is 1. The van der Waals surface area contributed by atoms with E-state index >= 15 is 0 Å². The highest BCUT2D eigenvalue weighted by molar-refractivity contribution is 5.85. The average molecular weight is 190 g/mol. The van der Waals surface area contributed by atoms with E-state index in [2.05, 4.69) is 11.9 Å². The fourth-order valence-corrected chi connectivity index (χ4v) is 1.52. The topological polar surface area (TPSA) is 52.0 Å². The Kier molecular flexibility index (Phi) is 2.15. The Morgan fingerprint density at radius 2 is 2.07 bits per heavy atom. The molecule has 0 bridgehead atoms. The Hall–Kier alpha value is -1.51. The number of hydrogen-bond donors (Lipinski definition) is 1. The van der Waals surface area contributed by atoms with Crippen molar-refractivity contribution >= 4 is 16.8 Å². The molecule has 1 aromatic heterocycles. The van der Waals surface area contributed by atoms with Crippen molar-refractivity contribution in [2.24, 2.45) is 0 Å². The quantitative estimate of drug-likeness (QED) is 0.740. The molecule has 0 spiro atoms. The fourth-order valence-electron chi connectivity index (χ4n) is 1.52. The minimum Gasteiger partial charge on any atom is -0.439 e. The third-order valence-electron chi connectivity index (χ3n) is 2.33. The molecule has 0 saturated heterocycles. The van der Waals surface area contributed by atoms with Gasteiger partial charge in [-0.05, 0) is 24.1 Å². The summed E-state index contributed by atoms with van der Waals surface area (Å²) in [6.45, 7) is 4.11. The van der Waals surface area contributed by atoms with Gasteiger partial charge >= 0.3 is 0 Å². The summed E-state index contributed by atoms with van der Waals surface area (Å²) in [4.78, 5) is 4.35. The maximum atomic E-state index is 5.87. The second kappa shape index (κ2) is 3.33. The molecule has 3 nitrogen and oxygen atoms in total. The first-order valence-corrected chi connectivity index (χ1v) is 4.92. The molecule has 0 aliphatic carbocycles. The molecule has 0 aliphatic heterocycles. The lowest BCUT2D eigenvalue weighted by molar-refractivity contribution is 0.539. The highest BCUT2D eigenvalue weighted by atomic mass is 16.3. The Labute approximate surface area is 82.9 Å². The summed E-state index contributed by atoms with van der Waals surface area (Å²) in [6, 6.07) is 3.99. The Balaban J connectivity index is 2.67. The lowest BCUT2D eigenvalue weighted by atomic mass is 10.1. The van der Waals surface area contributed by atoms with Gasteiger partial charge in [0.25, 0.3) is 0 Å². The molecular weight excluding hydrogens is 176 g/mol. The van der Waals surface area contributed by atoms with Crippen molar-refractivity contribution < 1.29 is 4.42 Å². The Bertz CT molecular complexity index is 460. The van der Waals surface area contributed by atoms with Crippen LogP contribution >= 0.6 is 0 Å². The molecule has 1 aromatic carbocycles. The molecule has 1 heterocycles. The van der Waals surface area contributed by atoms with Crippen LogP contribution in [0.15, 0.2) is 16.5 Å². The first-order valence-electron chi connectivity index (χ1n) is 4.92. The van der Waals surface area contributed by atoms with E-state index in [9.17, 15) is 0 Å². The minimum absolute atomic E-state index is 0.687. The second-order valence-corrected chi connectivity index (χ2v) is 3.35. The van der Waals surface area contributed by atoms with Gasteiger partial charge in [-0.1, -0.05) is 13.8 Å². The van der Waals surface area contributed by atoms with Gasteiger partial charge in [0.15, 0.2) is 11.5 Å². The van der Waals surface area contributed by atoms with E-state index < -0.39 is 0 Å². The highest BCUT2D eigenvalue weighted by Crippen LogP contribution is 2.24. The molecule has 74 valence electrons. The smallest absolute Gasteiger partial charge is 0.195 e. The molecule has 2 N–H and O–H groups in total. The van der Waals surface area contributed by atoms with E-state index in [1.807, 2.05) is 19.1 Å². The summed E-state index contributed by atoms with van der Waals surface area (Å²) in [5, 5.41) is 0. The van der Waals surface area contributed by atoms with E-state index in [-0.39, 0.29) is 0 Å². The predicted octanol–water partition coefficient (Wildman–Crippen LogP) is 2.53. The van der Waals surface area contributed by atoms with E-state index in [4.69, 9.17) is 10.2 Å². The van der Waals surface area contributed by atoms with Crippen molar-refractivity contribution in [1.29, 1.82) is 0 Å². The van der Waals surface area contributed by atoms with Gasteiger partial charge in [-0.2, -0.15) is 0 Å². The van der Waals surface area contributed by atoms with Crippen molar-refractivity contribution in [2.45, 2.75) is 26.7 Å². The average Bonchev–Trinajstić information content (AvgIpc) is 2.61. The van der Waals surface area contributed by atoms with Crippen LogP contribution in [0, 0.1) is 0 Å². The fraction of sp³-hybridized carbons (Fsp3) is 0.364. The lowest BCUT2D eigenvalue weighted by Crippen LogP contribution is -1.88. The van der Waals surface area contributed by atoms with Gasteiger partial charge < -0.3 is 10.2 Å². The predicted molar refractivity (Wildman–Crippen MR) is 57.2 cm³/mol. The summed E-state index contributed by atoms with van der Waals surface area (Å²) >= 11 is 0. The number of aryl methyl sites for hydroxylation is 2. The number of fused-ring (bicyclic) bond motifs is 1. The van der Waals surface area contributed by atoms with Gasteiger partial charge in [-0.25, -0.2) is 4.98 Å². The molecule has 0 saturated carbocycles. The monoisotopic (exact) mass is 190 g/mol. The number of rotatable bonds is 2. The zero-order valence-corrected chi connectivity index (χ0v) is 8.50. The zero-order valence-electron chi connectivity index (χ0n) is 8.50. The first kappa shape index (κ1) is 9.06.